The number of unbranched alkanes of at least 4 members (excludes halogenated alkanes) is 1. The Hall–Kier alpha value is -0.980. The Labute approximate surface area is 81.4 Å². The van der Waals surface area contributed by atoms with Crippen LogP contribution in [0.1, 0.15) is 25.3 Å². The van der Waals surface area contributed by atoms with E-state index in [0.717, 1.165) is 6.42 Å². The molecule has 1 rings (SSSR count). The largest absolute Gasteiger partial charge is 0.377 e. The number of hydrogen-bond acceptors (Lipinski definition) is 1. The van der Waals surface area contributed by atoms with Crippen molar-refractivity contribution in [3.8, 4) is 0 Å². The maximum absolute atomic E-state index is 3.31. The molecule has 0 saturated heterocycles. The van der Waals surface area contributed by atoms with Crippen LogP contribution in [0.2, 0.25) is 0 Å². The highest BCUT2D eigenvalue weighted by Crippen LogP contribution is 2.19. The van der Waals surface area contributed by atoms with Crippen molar-refractivity contribution in [1.29, 1.82) is 0 Å². The van der Waals surface area contributed by atoms with Gasteiger partial charge < -0.3 is 4.90 Å². The Morgan fingerprint density at radius 3 is 2.77 bits per heavy atom. The fourth-order valence-electron chi connectivity index (χ4n) is 1.44. The summed E-state index contributed by atoms with van der Waals surface area (Å²) in [5.74, 6) is 0. The van der Waals surface area contributed by atoms with Crippen molar-refractivity contribution in [3.63, 3.8) is 0 Å². The third kappa shape index (κ3) is 2.76. The van der Waals surface area contributed by atoms with E-state index in [1.54, 1.807) is 0 Å². The second-order valence-corrected chi connectivity index (χ2v) is 3.53. The van der Waals surface area contributed by atoms with Crippen molar-refractivity contribution in [2.24, 2.45) is 0 Å². The van der Waals surface area contributed by atoms with Gasteiger partial charge in [0, 0.05) is 19.8 Å². The van der Waals surface area contributed by atoms with Crippen LogP contribution in [-0.4, -0.2) is 14.1 Å². The molecular weight excluding hydrogens is 158 g/mol. The third-order valence-corrected chi connectivity index (χ3v) is 2.18. The normalized spacial score (nSPS) is 10.1. The Morgan fingerprint density at radius 1 is 1.38 bits per heavy atom. The van der Waals surface area contributed by atoms with E-state index in [9.17, 15) is 0 Å². The number of hydrogen-bond donors (Lipinski definition) is 0. The molecule has 0 fully saturated rings. The minimum atomic E-state index is 1.14. The molecule has 0 aliphatic heterocycles. The molecule has 0 aliphatic carbocycles. The molecule has 13 heavy (non-hydrogen) atoms. The molecule has 1 heteroatoms. The van der Waals surface area contributed by atoms with E-state index in [2.05, 4.69) is 38.1 Å². The molecule has 0 saturated carbocycles. The second-order valence-electron chi connectivity index (χ2n) is 3.53. The van der Waals surface area contributed by atoms with E-state index in [4.69, 9.17) is 0 Å². The summed E-state index contributed by atoms with van der Waals surface area (Å²) in [6, 6.07) is 9.51. The van der Waals surface area contributed by atoms with Gasteiger partial charge in [0.15, 0.2) is 0 Å². The van der Waals surface area contributed by atoms with Gasteiger partial charge in [-0.15, -0.1) is 0 Å². The standard InChI is InChI=1S/C12H18N/c1-4-5-8-11-9-6-7-10-12(11)13(2)3/h6-7,10H,4-5,8H2,1-3H3. The van der Waals surface area contributed by atoms with Crippen molar-refractivity contribution in [1.82, 2.24) is 0 Å². The summed E-state index contributed by atoms with van der Waals surface area (Å²) in [7, 11) is 4.16. The predicted molar refractivity (Wildman–Crippen MR) is 58.2 cm³/mol. The van der Waals surface area contributed by atoms with E-state index >= 15 is 0 Å². The molecule has 0 spiro atoms. The van der Waals surface area contributed by atoms with E-state index in [1.165, 1.54) is 24.1 Å². The summed E-state index contributed by atoms with van der Waals surface area (Å²) in [6.07, 6.45) is 3.64. The zero-order chi connectivity index (χ0) is 9.68. The first kappa shape index (κ1) is 10.1. The molecule has 0 amide bonds. The summed E-state index contributed by atoms with van der Waals surface area (Å²) < 4.78 is 0. The van der Waals surface area contributed by atoms with Crippen LogP contribution in [0.5, 0.6) is 0 Å². The minimum absolute atomic E-state index is 1.14. The fraction of sp³-hybridized carbons (Fsp3) is 0.500. The minimum Gasteiger partial charge on any atom is -0.377 e. The van der Waals surface area contributed by atoms with Gasteiger partial charge >= 0.3 is 0 Å². The highest BCUT2D eigenvalue weighted by molar-refractivity contribution is 5.51. The van der Waals surface area contributed by atoms with Crippen molar-refractivity contribution in [2.75, 3.05) is 19.0 Å². The molecule has 0 aromatic heterocycles. The number of anilines is 1. The van der Waals surface area contributed by atoms with Gasteiger partial charge in [-0.2, -0.15) is 0 Å². The Bertz CT molecular complexity index is 253. The van der Waals surface area contributed by atoms with Crippen molar-refractivity contribution < 1.29 is 0 Å². The lowest BCUT2D eigenvalue weighted by atomic mass is 10.1. The lowest BCUT2D eigenvalue weighted by Gasteiger charge is -2.16. The number of aryl methyl sites for hydroxylation is 1. The smallest absolute Gasteiger partial charge is 0.0399 e. The maximum Gasteiger partial charge on any atom is 0.0399 e. The average Bonchev–Trinajstić information content (AvgIpc) is 2.15. The predicted octanol–water partition coefficient (Wildman–Crippen LogP) is 2.90. The summed E-state index contributed by atoms with van der Waals surface area (Å²) in [4.78, 5) is 2.15. The highest BCUT2D eigenvalue weighted by atomic mass is 15.1. The van der Waals surface area contributed by atoms with Crippen LogP contribution in [-0.2, 0) is 6.42 Å². The zero-order valence-electron chi connectivity index (χ0n) is 8.80. The number of rotatable bonds is 4. The first-order valence-corrected chi connectivity index (χ1v) is 4.92. The molecule has 0 heterocycles. The van der Waals surface area contributed by atoms with E-state index in [-0.39, 0.29) is 0 Å². The molecule has 1 aromatic rings. The van der Waals surface area contributed by atoms with E-state index in [0.29, 0.717) is 0 Å². The van der Waals surface area contributed by atoms with Gasteiger partial charge in [0.05, 0.1) is 0 Å². The Morgan fingerprint density at radius 2 is 2.15 bits per heavy atom. The highest BCUT2D eigenvalue weighted by Gasteiger charge is 2.02. The van der Waals surface area contributed by atoms with Crippen molar-refractivity contribution in [3.05, 3.63) is 29.8 Å². The molecule has 0 N–H and O–H groups in total. The lowest BCUT2D eigenvalue weighted by molar-refractivity contribution is 0.792. The first-order valence-electron chi connectivity index (χ1n) is 4.92. The van der Waals surface area contributed by atoms with Gasteiger partial charge in [-0.1, -0.05) is 25.5 Å². The van der Waals surface area contributed by atoms with Gasteiger partial charge in [-0.05, 0) is 30.5 Å². The molecule has 0 unspecified atom stereocenters. The summed E-state index contributed by atoms with van der Waals surface area (Å²) >= 11 is 0. The third-order valence-electron chi connectivity index (χ3n) is 2.18. The van der Waals surface area contributed by atoms with E-state index < -0.39 is 0 Å². The molecular formula is C12H18N. The van der Waals surface area contributed by atoms with Crippen LogP contribution in [0.4, 0.5) is 5.69 Å². The number of nitrogens with zero attached hydrogens (tertiary/aromatic N) is 1. The fourth-order valence-corrected chi connectivity index (χ4v) is 1.44. The van der Waals surface area contributed by atoms with Crippen LogP contribution in [0, 0.1) is 6.07 Å². The SMILES string of the molecule is CCCCc1[c]cccc1N(C)C. The van der Waals surface area contributed by atoms with Gasteiger partial charge in [0.25, 0.3) is 0 Å². The van der Waals surface area contributed by atoms with Crippen molar-refractivity contribution in [2.45, 2.75) is 26.2 Å². The lowest BCUT2D eigenvalue weighted by Crippen LogP contribution is -2.11. The molecule has 1 radical (unpaired) electrons. The summed E-state index contributed by atoms with van der Waals surface area (Å²) in [5.41, 5.74) is 2.64. The van der Waals surface area contributed by atoms with E-state index in [1.807, 2.05) is 12.1 Å². The molecule has 1 nitrogen and oxygen atoms in total. The van der Waals surface area contributed by atoms with Crippen LogP contribution < -0.4 is 4.90 Å². The number of benzene rings is 1. The molecule has 71 valence electrons. The molecule has 0 bridgehead atoms. The first-order chi connectivity index (χ1) is 6.25. The Kier molecular flexibility index (Phi) is 3.81. The molecule has 1 aromatic carbocycles. The van der Waals surface area contributed by atoms with Crippen LogP contribution in [0.3, 0.4) is 0 Å². The quantitative estimate of drug-likeness (QED) is 0.682. The van der Waals surface area contributed by atoms with Gasteiger partial charge in [0.1, 0.15) is 0 Å². The van der Waals surface area contributed by atoms with Gasteiger partial charge in [-0.25, -0.2) is 0 Å². The molecule has 0 atom stereocenters. The Balaban J connectivity index is 2.78. The zero-order valence-corrected chi connectivity index (χ0v) is 8.80. The van der Waals surface area contributed by atoms with Gasteiger partial charge in [-0.3, -0.25) is 0 Å². The maximum atomic E-state index is 3.31. The summed E-state index contributed by atoms with van der Waals surface area (Å²) in [5, 5.41) is 0. The monoisotopic (exact) mass is 176 g/mol. The van der Waals surface area contributed by atoms with Crippen LogP contribution >= 0.6 is 0 Å². The molecule has 0 aliphatic rings. The van der Waals surface area contributed by atoms with Crippen LogP contribution in [0.25, 0.3) is 0 Å². The topological polar surface area (TPSA) is 3.24 Å². The van der Waals surface area contributed by atoms with Crippen molar-refractivity contribution >= 4 is 5.69 Å². The average molecular weight is 176 g/mol. The summed E-state index contributed by atoms with van der Waals surface area (Å²) in [6.45, 7) is 2.22. The second kappa shape index (κ2) is 4.90. The van der Waals surface area contributed by atoms with Gasteiger partial charge in [0.2, 0.25) is 0 Å². The van der Waals surface area contributed by atoms with Crippen LogP contribution in [0.15, 0.2) is 18.2 Å².